The average molecular weight is 398 g/mol. The third-order valence-electron chi connectivity index (χ3n) is 4.80. The number of amides is 1. The van der Waals surface area contributed by atoms with Crippen LogP contribution in [0.2, 0.25) is 0 Å². The van der Waals surface area contributed by atoms with Gasteiger partial charge >= 0.3 is 6.18 Å². The first kappa shape index (κ1) is 17.4. The largest absolute Gasteiger partial charge is 0.416 e. The van der Waals surface area contributed by atoms with E-state index in [0.717, 1.165) is 17.6 Å². The maximum Gasteiger partial charge on any atom is 0.416 e. The smallest absolute Gasteiger partial charge is 0.345 e. The predicted molar refractivity (Wildman–Crippen MR) is 100 cm³/mol. The first-order valence-corrected chi connectivity index (χ1v) is 8.77. The molecule has 0 atom stereocenters. The number of imidazole rings is 1. The molecule has 3 heterocycles. The fourth-order valence-corrected chi connectivity index (χ4v) is 3.39. The summed E-state index contributed by atoms with van der Waals surface area (Å²) in [6.07, 6.45) is -2.96. The van der Waals surface area contributed by atoms with Crippen LogP contribution in [0.4, 0.5) is 18.9 Å². The summed E-state index contributed by atoms with van der Waals surface area (Å²) in [7, 11) is 0. The number of nitrogens with one attached hydrogen (secondary N) is 2. The van der Waals surface area contributed by atoms with E-state index in [1.54, 1.807) is 23.1 Å². The van der Waals surface area contributed by atoms with E-state index < -0.39 is 17.6 Å². The molecular formula is C19H13F3N6O. The molecule has 0 spiro atoms. The molecule has 1 amide bonds. The van der Waals surface area contributed by atoms with E-state index in [2.05, 4.69) is 25.3 Å². The van der Waals surface area contributed by atoms with Crippen molar-refractivity contribution in [2.45, 2.75) is 6.18 Å². The Bertz CT molecular complexity index is 1210. The van der Waals surface area contributed by atoms with Crippen LogP contribution in [-0.4, -0.2) is 45.7 Å². The van der Waals surface area contributed by atoms with Crippen molar-refractivity contribution in [3.63, 3.8) is 0 Å². The molecular weight excluding hydrogens is 385 g/mol. The molecule has 0 saturated carbocycles. The van der Waals surface area contributed by atoms with Crippen molar-refractivity contribution >= 4 is 34.4 Å². The summed E-state index contributed by atoms with van der Waals surface area (Å²) in [6, 6.07) is 8.33. The van der Waals surface area contributed by atoms with Gasteiger partial charge in [-0.3, -0.25) is 20.0 Å². The molecule has 146 valence electrons. The van der Waals surface area contributed by atoms with Crippen molar-refractivity contribution in [2.75, 3.05) is 13.1 Å². The molecule has 7 nitrogen and oxygen atoms in total. The quantitative estimate of drug-likeness (QED) is 0.661. The van der Waals surface area contributed by atoms with E-state index >= 15 is 0 Å². The van der Waals surface area contributed by atoms with Crippen LogP contribution in [0.3, 0.4) is 0 Å². The number of amidine groups is 1. The summed E-state index contributed by atoms with van der Waals surface area (Å²) in [5.74, 6) is 0.220. The Morgan fingerprint density at radius 3 is 2.86 bits per heavy atom. The maximum atomic E-state index is 13.1. The van der Waals surface area contributed by atoms with Gasteiger partial charge in [-0.15, -0.1) is 0 Å². The lowest BCUT2D eigenvalue weighted by atomic mass is 10.1. The van der Waals surface area contributed by atoms with Crippen molar-refractivity contribution in [3.05, 3.63) is 59.4 Å². The number of aromatic nitrogens is 2. The van der Waals surface area contributed by atoms with Crippen molar-refractivity contribution in [2.24, 2.45) is 9.98 Å². The zero-order chi connectivity index (χ0) is 20.2. The lowest BCUT2D eigenvalue weighted by molar-refractivity contribution is -0.137. The number of hydrogen-bond donors (Lipinski definition) is 2. The van der Waals surface area contributed by atoms with Crippen LogP contribution in [0.1, 0.15) is 21.5 Å². The Labute approximate surface area is 162 Å². The topological polar surface area (TPSA) is 85.7 Å². The fourth-order valence-electron chi connectivity index (χ4n) is 3.39. The minimum atomic E-state index is -4.48. The highest BCUT2D eigenvalue weighted by atomic mass is 19.4. The number of alkyl halides is 3. The summed E-state index contributed by atoms with van der Waals surface area (Å²) in [5.41, 5.74) is 1.61. The molecule has 29 heavy (non-hydrogen) atoms. The number of rotatable bonds is 1. The number of H-pyrrole nitrogens is 1. The highest BCUT2D eigenvalue weighted by Gasteiger charge is 2.35. The zero-order valence-corrected chi connectivity index (χ0v) is 14.8. The number of benzene rings is 2. The third-order valence-corrected chi connectivity index (χ3v) is 4.80. The van der Waals surface area contributed by atoms with Gasteiger partial charge in [-0.2, -0.15) is 13.2 Å². The number of halogens is 3. The van der Waals surface area contributed by atoms with Gasteiger partial charge in [-0.1, -0.05) is 0 Å². The van der Waals surface area contributed by atoms with E-state index in [1.807, 2.05) is 0 Å². The second-order valence-electron chi connectivity index (χ2n) is 6.61. The SMILES string of the molecule is O=C(NC1=Nc2cc(C(F)(F)F)ccc2C2=NCCN12)c1ccc2[nH]cnc2c1. The number of guanidine groups is 1. The minimum Gasteiger partial charge on any atom is -0.345 e. The van der Waals surface area contributed by atoms with Gasteiger partial charge in [-0.25, -0.2) is 9.98 Å². The van der Waals surface area contributed by atoms with Crippen LogP contribution < -0.4 is 5.32 Å². The monoisotopic (exact) mass is 398 g/mol. The van der Waals surface area contributed by atoms with Crippen LogP contribution >= 0.6 is 0 Å². The number of nitrogens with zero attached hydrogens (tertiary/aromatic N) is 4. The lowest BCUT2D eigenvalue weighted by Gasteiger charge is -2.27. The normalized spacial score (nSPS) is 15.6. The maximum absolute atomic E-state index is 13.1. The van der Waals surface area contributed by atoms with Gasteiger partial charge in [0.2, 0.25) is 5.96 Å². The third kappa shape index (κ3) is 2.93. The van der Waals surface area contributed by atoms with Crippen LogP contribution in [0.15, 0.2) is 52.7 Å². The molecule has 0 unspecified atom stereocenters. The number of aliphatic imine (C=N–C) groups is 2. The summed E-state index contributed by atoms with van der Waals surface area (Å²) in [6.45, 7) is 0.942. The molecule has 0 aliphatic carbocycles. The van der Waals surface area contributed by atoms with E-state index in [4.69, 9.17) is 0 Å². The van der Waals surface area contributed by atoms with Gasteiger partial charge in [-0.05, 0) is 36.4 Å². The Morgan fingerprint density at radius 1 is 1.17 bits per heavy atom. The van der Waals surface area contributed by atoms with Crippen molar-refractivity contribution in [3.8, 4) is 0 Å². The molecule has 0 fully saturated rings. The Balaban J connectivity index is 1.51. The molecule has 0 radical (unpaired) electrons. The summed E-state index contributed by atoms with van der Waals surface area (Å²) in [5, 5.41) is 2.70. The van der Waals surface area contributed by atoms with Gasteiger partial charge in [0.25, 0.3) is 5.91 Å². The van der Waals surface area contributed by atoms with Gasteiger partial charge < -0.3 is 4.98 Å². The van der Waals surface area contributed by atoms with Crippen LogP contribution in [0, 0.1) is 0 Å². The van der Waals surface area contributed by atoms with E-state index in [9.17, 15) is 18.0 Å². The standard InChI is InChI=1S/C19H13F3N6O/c20-19(21,22)11-2-3-12-14(8-11)26-18(28-6-5-23-16(12)28)27-17(29)10-1-4-13-15(7-10)25-9-24-13/h1-4,7-9H,5-6H2,(H,24,25)(H,26,27,29). The molecule has 10 heteroatoms. The number of fused-ring (bicyclic) bond motifs is 4. The Hall–Kier alpha value is -3.69. The first-order valence-electron chi connectivity index (χ1n) is 8.77. The molecule has 5 rings (SSSR count). The first-order chi connectivity index (χ1) is 13.9. The summed E-state index contributed by atoms with van der Waals surface area (Å²) < 4.78 is 39.3. The molecule has 2 aliphatic heterocycles. The van der Waals surface area contributed by atoms with Gasteiger partial charge in [0.1, 0.15) is 5.84 Å². The number of carbonyl (C=O) groups is 1. The molecule has 3 aromatic rings. The van der Waals surface area contributed by atoms with Gasteiger partial charge in [0.15, 0.2) is 0 Å². The minimum absolute atomic E-state index is 0.120. The van der Waals surface area contributed by atoms with Crippen molar-refractivity contribution < 1.29 is 18.0 Å². The molecule has 2 N–H and O–H groups in total. The number of carbonyl (C=O) groups excluding carboxylic acids is 1. The molecule has 1 aromatic heterocycles. The molecule has 0 saturated heterocycles. The average Bonchev–Trinajstić information content (AvgIpc) is 3.36. The molecule has 0 bridgehead atoms. The highest BCUT2D eigenvalue weighted by molar-refractivity contribution is 6.19. The van der Waals surface area contributed by atoms with Crippen molar-refractivity contribution in [1.82, 2.24) is 20.2 Å². The molecule has 2 aromatic carbocycles. The van der Waals surface area contributed by atoms with Gasteiger partial charge in [0.05, 0.1) is 35.2 Å². The van der Waals surface area contributed by atoms with Crippen LogP contribution in [-0.2, 0) is 6.18 Å². The number of aromatic amines is 1. The summed E-state index contributed by atoms with van der Waals surface area (Å²) in [4.78, 5) is 30.1. The molecule has 2 aliphatic rings. The van der Waals surface area contributed by atoms with Crippen LogP contribution in [0.25, 0.3) is 11.0 Å². The predicted octanol–water partition coefficient (Wildman–Crippen LogP) is 3.08. The Kier molecular flexibility index (Phi) is 3.70. The second kappa shape index (κ2) is 6.16. The van der Waals surface area contributed by atoms with Crippen LogP contribution in [0.5, 0.6) is 0 Å². The van der Waals surface area contributed by atoms with E-state index in [-0.39, 0.29) is 11.6 Å². The van der Waals surface area contributed by atoms with E-state index in [1.165, 1.54) is 12.4 Å². The number of hydrogen-bond acceptors (Lipinski definition) is 5. The zero-order valence-electron chi connectivity index (χ0n) is 14.8. The van der Waals surface area contributed by atoms with Crippen molar-refractivity contribution in [1.29, 1.82) is 0 Å². The Morgan fingerprint density at radius 2 is 2.03 bits per heavy atom. The lowest BCUT2D eigenvalue weighted by Crippen LogP contribution is -2.47. The second-order valence-corrected chi connectivity index (χ2v) is 6.61. The van der Waals surface area contributed by atoms with Gasteiger partial charge in [0, 0.05) is 17.7 Å². The van der Waals surface area contributed by atoms with E-state index in [0.29, 0.717) is 35.6 Å². The summed E-state index contributed by atoms with van der Waals surface area (Å²) >= 11 is 0. The fraction of sp³-hybridized carbons (Fsp3) is 0.158. The highest BCUT2D eigenvalue weighted by Crippen LogP contribution is 2.36.